The van der Waals surface area contributed by atoms with Gasteiger partial charge in [-0.15, -0.1) is 11.8 Å². The fraction of sp³-hybridized carbons (Fsp3) is 0.364. The molecule has 5 nitrogen and oxygen atoms in total. The van der Waals surface area contributed by atoms with E-state index in [9.17, 15) is 9.59 Å². The number of amides is 1. The number of nitrogens with zero attached hydrogens (tertiary/aromatic N) is 2. The van der Waals surface area contributed by atoms with Crippen LogP contribution in [0.5, 0.6) is 0 Å². The van der Waals surface area contributed by atoms with Gasteiger partial charge in [-0.25, -0.2) is 0 Å². The maximum Gasteiger partial charge on any atom is 0.316 e. The van der Waals surface area contributed by atoms with Crippen LogP contribution in [0.1, 0.15) is 17.4 Å². The second-order valence-corrected chi connectivity index (χ2v) is 5.09. The molecular formula is C11H14N2O3S. The number of aliphatic carboxylic acids is 1. The van der Waals surface area contributed by atoms with Crippen LogP contribution in [0.15, 0.2) is 23.2 Å². The Hall–Kier alpha value is -1.56. The SMILES string of the molecule is CC(Sc1ccnc(C(=O)N(C)C)c1)C(=O)O. The van der Waals surface area contributed by atoms with Crippen molar-refractivity contribution in [2.75, 3.05) is 14.1 Å². The van der Waals surface area contributed by atoms with Gasteiger partial charge >= 0.3 is 5.97 Å². The van der Waals surface area contributed by atoms with Gasteiger partial charge in [-0.2, -0.15) is 0 Å². The summed E-state index contributed by atoms with van der Waals surface area (Å²) < 4.78 is 0. The van der Waals surface area contributed by atoms with E-state index in [2.05, 4.69) is 4.98 Å². The largest absolute Gasteiger partial charge is 0.480 e. The number of carboxylic acid groups (broad SMARTS) is 1. The molecule has 0 spiro atoms. The summed E-state index contributed by atoms with van der Waals surface area (Å²) in [7, 11) is 3.29. The van der Waals surface area contributed by atoms with Crippen LogP contribution >= 0.6 is 11.8 Å². The van der Waals surface area contributed by atoms with Gasteiger partial charge in [0.05, 0.1) is 0 Å². The number of thioether (sulfide) groups is 1. The van der Waals surface area contributed by atoms with Crippen LogP contribution < -0.4 is 0 Å². The molecule has 0 saturated carbocycles. The van der Waals surface area contributed by atoms with Gasteiger partial charge in [-0.3, -0.25) is 14.6 Å². The molecule has 0 saturated heterocycles. The van der Waals surface area contributed by atoms with Crippen LogP contribution in [-0.2, 0) is 4.79 Å². The number of pyridine rings is 1. The van der Waals surface area contributed by atoms with Crippen LogP contribution in [-0.4, -0.2) is 46.2 Å². The van der Waals surface area contributed by atoms with E-state index < -0.39 is 11.2 Å². The van der Waals surface area contributed by atoms with Gasteiger partial charge in [0.15, 0.2) is 0 Å². The van der Waals surface area contributed by atoms with Crippen molar-refractivity contribution in [3.63, 3.8) is 0 Å². The van der Waals surface area contributed by atoms with E-state index in [0.717, 1.165) is 4.90 Å². The molecule has 1 N–H and O–H groups in total. The lowest BCUT2D eigenvalue weighted by molar-refractivity contribution is -0.136. The minimum atomic E-state index is -0.882. The number of hydrogen-bond donors (Lipinski definition) is 1. The van der Waals surface area contributed by atoms with Crippen molar-refractivity contribution in [2.45, 2.75) is 17.1 Å². The topological polar surface area (TPSA) is 70.5 Å². The molecule has 1 aromatic heterocycles. The second-order valence-electron chi connectivity index (χ2n) is 3.67. The average molecular weight is 254 g/mol. The number of carbonyl (C=O) groups is 2. The molecule has 1 atom stereocenters. The summed E-state index contributed by atoms with van der Waals surface area (Å²) in [5, 5.41) is 8.24. The maximum absolute atomic E-state index is 11.7. The van der Waals surface area contributed by atoms with E-state index >= 15 is 0 Å². The predicted octanol–water partition coefficient (Wildman–Crippen LogP) is 1.35. The van der Waals surface area contributed by atoms with Crippen molar-refractivity contribution in [3.05, 3.63) is 24.0 Å². The molecule has 1 unspecified atom stereocenters. The molecule has 1 heterocycles. The van der Waals surface area contributed by atoms with Crippen molar-refractivity contribution >= 4 is 23.6 Å². The summed E-state index contributed by atoms with van der Waals surface area (Å²) in [5.41, 5.74) is 0.317. The normalized spacial score (nSPS) is 11.9. The fourth-order valence-corrected chi connectivity index (χ4v) is 1.91. The molecule has 0 radical (unpaired) electrons. The number of hydrogen-bond acceptors (Lipinski definition) is 4. The monoisotopic (exact) mass is 254 g/mol. The zero-order valence-corrected chi connectivity index (χ0v) is 10.7. The van der Waals surface area contributed by atoms with Crippen LogP contribution in [0, 0.1) is 0 Å². The summed E-state index contributed by atoms with van der Waals surface area (Å²) in [4.78, 5) is 28.5. The van der Waals surface area contributed by atoms with Crippen molar-refractivity contribution in [3.8, 4) is 0 Å². The molecule has 0 aliphatic rings. The van der Waals surface area contributed by atoms with E-state index in [1.165, 1.54) is 22.9 Å². The van der Waals surface area contributed by atoms with Crippen molar-refractivity contribution in [1.29, 1.82) is 0 Å². The van der Waals surface area contributed by atoms with Crippen molar-refractivity contribution in [1.82, 2.24) is 9.88 Å². The first-order valence-corrected chi connectivity index (χ1v) is 5.87. The first-order chi connectivity index (χ1) is 7.91. The summed E-state index contributed by atoms with van der Waals surface area (Å²) in [6, 6.07) is 3.29. The highest BCUT2D eigenvalue weighted by Gasteiger charge is 2.15. The first kappa shape index (κ1) is 13.5. The maximum atomic E-state index is 11.7. The zero-order chi connectivity index (χ0) is 13.0. The minimum Gasteiger partial charge on any atom is -0.480 e. The molecule has 1 rings (SSSR count). The molecule has 0 bridgehead atoms. The molecule has 17 heavy (non-hydrogen) atoms. The molecule has 0 aliphatic heterocycles. The quantitative estimate of drug-likeness (QED) is 0.821. The molecule has 6 heteroatoms. The minimum absolute atomic E-state index is 0.199. The van der Waals surface area contributed by atoms with Gasteiger partial charge in [-0.1, -0.05) is 0 Å². The molecule has 1 amide bonds. The van der Waals surface area contributed by atoms with Crippen LogP contribution in [0.2, 0.25) is 0 Å². The van der Waals surface area contributed by atoms with Gasteiger partial charge in [0.1, 0.15) is 10.9 Å². The van der Waals surface area contributed by atoms with Gasteiger partial charge in [0.2, 0.25) is 0 Å². The number of rotatable bonds is 4. The highest BCUT2D eigenvalue weighted by molar-refractivity contribution is 8.00. The highest BCUT2D eigenvalue weighted by Crippen LogP contribution is 2.23. The van der Waals surface area contributed by atoms with Crippen molar-refractivity contribution < 1.29 is 14.7 Å². The third-order valence-corrected chi connectivity index (χ3v) is 3.10. The van der Waals surface area contributed by atoms with Crippen LogP contribution in [0.4, 0.5) is 0 Å². The zero-order valence-electron chi connectivity index (χ0n) is 9.88. The lowest BCUT2D eigenvalue weighted by Crippen LogP contribution is -2.22. The van der Waals surface area contributed by atoms with E-state index in [0.29, 0.717) is 5.69 Å². The standard InChI is InChI=1S/C11H14N2O3S/c1-7(11(15)16)17-8-4-5-12-9(6-8)10(14)13(2)3/h4-7H,1-3H3,(H,15,16). The Morgan fingerprint density at radius 2 is 2.12 bits per heavy atom. The second kappa shape index (κ2) is 5.67. The molecule has 92 valence electrons. The van der Waals surface area contributed by atoms with E-state index in [4.69, 9.17) is 5.11 Å². The Bertz CT molecular complexity index is 434. The summed E-state index contributed by atoms with van der Waals surface area (Å²) in [5.74, 6) is -1.08. The smallest absolute Gasteiger partial charge is 0.316 e. The lowest BCUT2D eigenvalue weighted by atomic mass is 10.3. The molecule has 0 fully saturated rings. The Morgan fingerprint density at radius 3 is 2.65 bits per heavy atom. The Labute approximate surface area is 104 Å². The summed E-state index contributed by atoms with van der Waals surface area (Å²) in [6.07, 6.45) is 1.51. The highest BCUT2D eigenvalue weighted by atomic mass is 32.2. The lowest BCUT2D eigenvalue weighted by Gasteiger charge is -2.11. The summed E-state index contributed by atoms with van der Waals surface area (Å²) in [6.45, 7) is 1.60. The molecule has 0 aliphatic carbocycles. The fourth-order valence-electron chi connectivity index (χ4n) is 1.09. The van der Waals surface area contributed by atoms with Gasteiger partial charge in [0, 0.05) is 25.2 Å². The summed E-state index contributed by atoms with van der Waals surface area (Å²) >= 11 is 1.18. The third-order valence-electron chi connectivity index (χ3n) is 2.02. The van der Waals surface area contributed by atoms with E-state index in [1.807, 2.05) is 0 Å². The van der Waals surface area contributed by atoms with E-state index in [-0.39, 0.29) is 5.91 Å². The van der Waals surface area contributed by atoms with E-state index in [1.54, 1.807) is 33.2 Å². The first-order valence-electron chi connectivity index (χ1n) is 4.99. The Kier molecular flexibility index (Phi) is 4.51. The third kappa shape index (κ3) is 3.74. The molecule has 0 aromatic carbocycles. The van der Waals surface area contributed by atoms with Gasteiger partial charge < -0.3 is 10.0 Å². The molecule has 1 aromatic rings. The predicted molar refractivity (Wildman–Crippen MR) is 65.2 cm³/mol. The van der Waals surface area contributed by atoms with Gasteiger partial charge in [0.25, 0.3) is 5.91 Å². The number of carboxylic acids is 1. The Morgan fingerprint density at radius 1 is 1.47 bits per heavy atom. The number of carbonyl (C=O) groups excluding carboxylic acids is 1. The van der Waals surface area contributed by atoms with Crippen LogP contribution in [0.25, 0.3) is 0 Å². The van der Waals surface area contributed by atoms with Gasteiger partial charge in [-0.05, 0) is 19.1 Å². The van der Waals surface area contributed by atoms with Crippen LogP contribution in [0.3, 0.4) is 0 Å². The van der Waals surface area contributed by atoms with Crippen molar-refractivity contribution in [2.24, 2.45) is 0 Å². The number of aromatic nitrogens is 1. The molecular weight excluding hydrogens is 240 g/mol. The average Bonchev–Trinajstić information content (AvgIpc) is 2.28. The Balaban J connectivity index is 2.86.